The van der Waals surface area contributed by atoms with Crippen LogP contribution in [0.2, 0.25) is 0 Å². The van der Waals surface area contributed by atoms with Crippen molar-refractivity contribution in [2.24, 2.45) is 11.8 Å². The second kappa shape index (κ2) is 9.88. The highest BCUT2D eigenvalue weighted by Crippen LogP contribution is 2.24. The largest absolute Gasteiger partial charge is 0.345 e. The number of amides is 2. The van der Waals surface area contributed by atoms with E-state index < -0.39 is 0 Å². The van der Waals surface area contributed by atoms with Crippen LogP contribution in [0.1, 0.15) is 44.9 Å². The minimum Gasteiger partial charge on any atom is -0.345 e. The monoisotopic (exact) mass is 371 g/mol. The van der Waals surface area contributed by atoms with Gasteiger partial charge in [0, 0.05) is 32.2 Å². The molecule has 1 aliphatic heterocycles. The Morgan fingerprint density at radius 3 is 2.59 bits per heavy atom. The number of anilines is 1. The van der Waals surface area contributed by atoms with E-state index in [4.69, 9.17) is 0 Å². The molecular weight excluding hydrogens is 338 g/mol. The van der Waals surface area contributed by atoms with Crippen LogP contribution in [-0.2, 0) is 9.59 Å². The SMILES string of the molecule is CN1CC(C(=O)N(CCCNCC2CCCCC2)c2ccccc2)CC1=O. The second-order valence-electron chi connectivity index (χ2n) is 8.06. The van der Waals surface area contributed by atoms with Crippen molar-refractivity contribution in [1.29, 1.82) is 0 Å². The Morgan fingerprint density at radius 2 is 1.93 bits per heavy atom. The summed E-state index contributed by atoms with van der Waals surface area (Å²) in [7, 11) is 1.78. The van der Waals surface area contributed by atoms with Crippen LogP contribution in [0.15, 0.2) is 30.3 Å². The van der Waals surface area contributed by atoms with Crippen LogP contribution in [0.3, 0.4) is 0 Å². The van der Waals surface area contributed by atoms with Crippen molar-refractivity contribution in [1.82, 2.24) is 10.2 Å². The van der Waals surface area contributed by atoms with E-state index in [0.717, 1.165) is 31.1 Å². The number of likely N-dealkylation sites (tertiary alicyclic amines) is 1. The maximum absolute atomic E-state index is 13.1. The predicted octanol–water partition coefficient (Wildman–Crippen LogP) is 3.06. The molecule has 148 valence electrons. The molecule has 0 radical (unpaired) electrons. The van der Waals surface area contributed by atoms with E-state index >= 15 is 0 Å². The highest BCUT2D eigenvalue weighted by atomic mass is 16.2. The van der Waals surface area contributed by atoms with Gasteiger partial charge < -0.3 is 15.1 Å². The summed E-state index contributed by atoms with van der Waals surface area (Å²) >= 11 is 0. The molecule has 0 spiro atoms. The molecule has 1 N–H and O–H groups in total. The zero-order chi connectivity index (χ0) is 19.1. The van der Waals surface area contributed by atoms with Crippen LogP contribution in [0, 0.1) is 11.8 Å². The molecule has 0 bridgehead atoms. The quantitative estimate of drug-likeness (QED) is 0.715. The van der Waals surface area contributed by atoms with Crippen molar-refractivity contribution >= 4 is 17.5 Å². The van der Waals surface area contributed by atoms with Gasteiger partial charge in [0.15, 0.2) is 0 Å². The number of nitrogens with zero attached hydrogens (tertiary/aromatic N) is 2. The Labute approximate surface area is 163 Å². The molecule has 1 unspecified atom stereocenters. The lowest BCUT2D eigenvalue weighted by atomic mass is 9.89. The molecule has 27 heavy (non-hydrogen) atoms. The lowest BCUT2D eigenvalue weighted by Crippen LogP contribution is -2.39. The van der Waals surface area contributed by atoms with E-state index in [0.29, 0.717) is 19.5 Å². The van der Waals surface area contributed by atoms with Gasteiger partial charge in [0.2, 0.25) is 11.8 Å². The zero-order valence-corrected chi connectivity index (χ0v) is 16.5. The Bertz CT molecular complexity index is 613. The Kier molecular flexibility index (Phi) is 7.27. The lowest BCUT2D eigenvalue weighted by Gasteiger charge is -2.26. The van der Waals surface area contributed by atoms with Crippen molar-refractivity contribution in [3.63, 3.8) is 0 Å². The van der Waals surface area contributed by atoms with Gasteiger partial charge >= 0.3 is 0 Å². The molecule has 1 atom stereocenters. The van der Waals surface area contributed by atoms with Crippen LogP contribution in [0.4, 0.5) is 5.69 Å². The first-order valence-electron chi connectivity index (χ1n) is 10.5. The molecule has 1 saturated heterocycles. The van der Waals surface area contributed by atoms with E-state index in [1.807, 2.05) is 35.2 Å². The minimum absolute atomic E-state index is 0.0653. The molecule has 0 aromatic heterocycles. The van der Waals surface area contributed by atoms with E-state index in [2.05, 4.69) is 5.32 Å². The maximum atomic E-state index is 13.1. The van der Waals surface area contributed by atoms with Crippen molar-refractivity contribution in [3.05, 3.63) is 30.3 Å². The Hall–Kier alpha value is -1.88. The number of hydrogen-bond donors (Lipinski definition) is 1. The first kappa shape index (κ1) is 19.9. The molecule has 5 heteroatoms. The number of carbonyl (C=O) groups is 2. The molecular formula is C22H33N3O2. The van der Waals surface area contributed by atoms with Crippen LogP contribution in [0.5, 0.6) is 0 Å². The van der Waals surface area contributed by atoms with Gasteiger partial charge in [-0.3, -0.25) is 9.59 Å². The van der Waals surface area contributed by atoms with Crippen molar-refractivity contribution in [3.8, 4) is 0 Å². The molecule has 2 fully saturated rings. The molecule has 1 heterocycles. The summed E-state index contributed by atoms with van der Waals surface area (Å²) in [5.74, 6) is 0.741. The Balaban J connectivity index is 1.51. The molecule has 1 aromatic rings. The number of carbonyl (C=O) groups excluding carboxylic acids is 2. The van der Waals surface area contributed by atoms with Gasteiger partial charge in [0.1, 0.15) is 0 Å². The van der Waals surface area contributed by atoms with Gasteiger partial charge in [-0.15, -0.1) is 0 Å². The average molecular weight is 372 g/mol. The fraction of sp³-hybridized carbons (Fsp3) is 0.636. The van der Waals surface area contributed by atoms with Crippen molar-refractivity contribution in [2.45, 2.75) is 44.9 Å². The summed E-state index contributed by atoms with van der Waals surface area (Å²) < 4.78 is 0. The molecule has 5 nitrogen and oxygen atoms in total. The van der Waals surface area contributed by atoms with E-state index in [1.165, 1.54) is 32.1 Å². The smallest absolute Gasteiger partial charge is 0.232 e. The number of rotatable bonds is 8. The van der Waals surface area contributed by atoms with E-state index in [1.54, 1.807) is 11.9 Å². The van der Waals surface area contributed by atoms with E-state index in [9.17, 15) is 9.59 Å². The third-order valence-electron chi connectivity index (χ3n) is 5.92. The third-order valence-corrected chi connectivity index (χ3v) is 5.92. The summed E-state index contributed by atoms with van der Waals surface area (Å²) in [5.41, 5.74) is 0.928. The molecule has 1 aromatic carbocycles. The van der Waals surface area contributed by atoms with Gasteiger partial charge in [0.05, 0.1) is 5.92 Å². The van der Waals surface area contributed by atoms with E-state index in [-0.39, 0.29) is 17.7 Å². The standard InChI is InChI=1S/C22H33N3O2/c1-24-17-19(15-21(24)26)22(27)25(20-11-6-3-7-12-20)14-8-13-23-16-18-9-4-2-5-10-18/h3,6-7,11-12,18-19,23H,2,4-5,8-10,13-17H2,1H3. The highest BCUT2D eigenvalue weighted by Gasteiger charge is 2.35. The lowest BCUT2D eigenvalue weighted by molar-refractivity contribution is -0.127. The maximum Gasteiger partial charge on any atom is 0.232 e. The third kappa shape index (κ3) is 5.55. The fourth-order valence-electron chi connectivity index (χ4n) is 4.28. The van der Waals surface area contributed by atoms with Gasteiger partial charge in [0.25, 0.3) is 0 Å². The molecule has 2 aliphatic rings. The highest BCUT2D eigenvalue weighted by molar-refractivity contribution is 5.98. The van der Waals surface area contributed by atoms with Crippen LogP contribution < -0.4 is 10.2 Å². The molecule has 1 aliphatic carbocycles. The number of para-hydroxylation sites is 1. The van der Waals surface area contributed by atoms with Crippen LogP contribution in [-0.4, -0.2) is 49.9 Å². The summed E-state index contributed by atoms with van der Waals surface area (Å²) in [6, 6.07) is 9.85. The average Bonchev–Trinajstić information content (AvgIpc) is 3.04. The summed E-state index contributed by atoms with van der Waals surface area (Å²) in [6.45, 7) is 3.24. The topological polar surface area (TPSA) is 52.7 Å². The van der Waals surface area contributed by atoms with Gasteiger partial charge in [-0.25, -0.2) is 0 Å². The summed E-state index contributed by atoms with van der Waals surface area (Å²) in [4.78, 5) is 28.5. The first-order valence-corrected chi connectivity index (χ1v) is 10.5. The summed E-state index contributed by atoms with van der Waals surface area (Å²) in [5, 5.41) is 3.58. The minimum atomic E-state index is -0.224. The fourth-order valence-corrected chi connectivity index (χ4v) is 4.28. The van der Waals surface area contributed by atoms with Crippen molar-refractivity contribution < 1.29 is 9.59 Å². The van der Waals surface area contributed by atoms with Gasteiger partial charge in [-0.1, -0.05) is 37.5 Å². The normalized spacial score (nSPS) is 20.9. The number of benzene rings is 1. The summed E-state index contributed by atoms with van der Waals surface area (Å²) in [6.07, 6.45) is 8.09. The van der Waals surface area contributed by atoms with Gasteiger partial charge in [-0.05, 0) is 50.4 Å². The van der Waals surface area contributed by atoms with Gasteiger partial charge in [-0.2, -0.15) is 0 Å². The molecule has 2 amide bonds. The molecule has 1 saturated carbocycles. The predicted molar refractivity (Wildman–Crippen MR) is 109 cm³/mol. The van der Waals surface area contributed by atoms with Crippen LogP contribution in [0.25, 0.3) is 0 Å². The first-order chi connectivity index (χ1) is 13.1. The number of hydrogen-bond acceptors (Lipinski definition) is 3. The second-order valence-corrected chi connectivity index (χ2v) is 8.06. The zero-order valence-electron chi connectivity index (χ0n) is 16.5. The van der Waals surface area contributed by atoms with Crippen molar-refractivity contribution in [2.75, 3.05) is 38.1 Å². The Morgan fingerprint density at radius 1 is 1.19 bits per heavy atom. The molecule has 3 rings (SSSR count). The van der Waals surface area contributed by atoms with Crippen LogP contribution >= 0.6 is 0 Å². The number of nitrogens with one attached hydrogen (secondary N) is 1.